The molecular weight excluding hydrogens is 423 g/mol. The topological polar surface area (TPSA) is 71.8 Å². The zero-order valence-electron chi connectivity index (χ0n) is 16.4. The lowest BCUT2D eigenvalue weighted by Crippen LogP contribution is -2.52. The van der Waals surface area contributed by atoms with E-state index >= 15 is 0 Å². The van der Waals surface area contributed by atoms with E-state index in [0.717, 1.165) is 12.1 Å². The zero-order valence-corrected chi connectivity index (χ0v) is 18.0. The molecule has 1 aromatic carbocycles. The number of nitrogens with zero attached hydrogens (tertiary/aromatic N) is 2. The number of halogens is 4. The summed E-state index contributed by atoms with van der Waals surface area (Å²) < 4.78 is 55.5. The first-order valence-electron chi connectivity index (χ1n) is 8.67. The van der Waals surface area contributed by atoms with E-state index in [4.69, 9.17) is 11.6 Å². The van der Waals surface area contributed by atoms with Gasteiger partial charge < -0.3 is 4.55 Å². The number of hydrogen-bond acceptors (Lipinski definition) is 4. The largest absolute Gasteiger partial charge is 0.598 e. The van der Waals surface area contributed by atoms with E-state index in [2.05, 4.69) is 9.71 Å². The highest BCUT2D eigenvalue weighted by atomic mass is 35.5. The molecule has 0 unspecified atom stereocenters. The van der Waals surface area contributed by atoms with Gasteiger partial charge in [0.15, 0.2) is 0 Å². The van der Waals surface area contributed by atoms with Crippen molar-refractivity contribution in [1.29, 1.82) is 5.26 Å². The van der Waals surface area contributed by atoms with Crippen LogP contribution in [-0.4, -0.2) is 14.3 Å². The summed E-state index contributed by atoms with van der Waals surface area (Å²) in [6.07, 6.45) is -3.52. The Morgan fingerprint density at radius 2 is 1.79 bits per heavy atom. The summed E-state index contributed by atoms with van der Waals surface area (Å²) in [6, 6.07) is 8.57. The molecule has 0 aliphatic rings. The van der Waals surface area contributed by atoms with Crippen LogP contribution in [0.25, 0.3) is 0 Å². The van der Waals surface area contributed by atoms with Gasteiger partial charge in [-0.1, -0.05) is 23.2 Å². The average Bonchev–Trinajstić information content (AvgIpc) is 2.59. The van der Waals surface area contributed by atoms with Crippen LogP contribution in [-0.2, 0) is 23.1 Å². The quantitative estimate of drug-likeness (QED) is 0.639. The summed E-state index contributed by atoms with van der Waals surface area (Å²) in [5.74, 6) is 0. The minimum atomic E-state index is -4.57. The van der Waals surface area contributed by atoms with E-state index in [1.54, 1.807) is 20.8 Å². The maximum atomic E-state index is 13.5. The maximum absolute atomic E-state index is 13.5. The molecule has 0 amide bonds. The van der Waals surface area contributed by atoms with Gasteiger partial charge in [0, 0.05) is 17.6 Å². The number of benzene rings is 1. The Bertz CT molecular complexity index is 907. The minimum absolute atomic E-state index is 0.152. The fraction of sp³-hybridized carbons (Fsp3) is 0.400. The van der Waals surface area contributed by atoms with Gasteiger partial charge in [-0.15, -0.1) is 4.72 Å². The lowest BCUT2D eigenvalue weighted by atomic mass is 9.83. The Labute approximate surface area is 176 Å². The number of hydrogen-bond donors (Lipinski definition) is 1. The van der Waals surface area contributed by atoms with Gasteiger partial charge in [0.05, 0.1) is 28.8 Å². The molecule has 156 valence electrons. The maximum Gasteiger partial charge on any atom is 0.416 e. The van der Waals surface area contributed by atoms with Gasteiger partial charge in [0.25, 0.3) is 0 Å². The molecule has 29 heavy (non-hydrogen) atoms. The molecule has 0 aliphatic carbocycles. The van der Waals surface area contributed by atoms with Crippen LogP contribution in [0.2, 0.25) is 5.02 Å². The molecule has 0 radical (unpaired) electrons. The third-order valence-corrected chi connectivity index (χ3v) is 6.10. The summed E-state index contributed by atoms with van der Waals surface area (Å²) in [7, 11) is 0. The van der Waals surface area contributed by atoms with Crippen LogP contribution in [0.5, 0.6) is 0 Å². The van der Waals surface area contributed by atoms with Crippen molar-refractivity contribution < 1.29 is 17.7 Å². The summed E-state index contributed by atoms with van der Waals surface area (Å²) in [5.41, 5.74) is -1.62. The van der Waals surface area contributed by atoms with E-state index in [0.29, 0.717) is 10.6 Å². The van der Waals surface area contributed by atoms with Crippen LogP contribution in [0.1, 0.15) is 49.6 Å². The van der Waals surface area contributed by atoms with Gasteiger partial charge in [0.2, 0.25) is 0 Å². The van der Waals surface area contributed by atoms with Crippen LogP contribution >= 0.6 is 11.6 Å². The summed E-state index contributed by atoms with van der Waals surface area (Å²) >= 11 is 4.21. The van der Waals surface area contributed by atoms with E-state index in [9.17, 15) is 23.0 Å². The van der Waals surface area contributed by atoms with Crippen molar-refractivity contribution in [3.8, 4) is 6.07 Å². The van der Waals surface area contributed by atoms with E-state index in [1.807, 2.05) is 6.07 Å². The van der Waals surface area contributed by atoms with Gasteiger partial charge >= 0.3 is 6.18 Å². The number of pyridine rings is 1. The summed E-state index contributed by atoms with van der Waals surface area (Å²) in [4.78, 5) is 4.24. The normalized spacial score (nSPS) is 15.4. The molecule has 0 bridgehead atoms. The van der Waals surface area contributed by atoms with Crippen LogP contribution in [0, 0.1) is 18.3 Å². The van der Waals surface area contributed by atoms with Gasteiger partial charge in [-0.05, 0) is 57.5 Å². The van der Waals surface area contributed by atoms with Gasteiger partial charge in [-0.2, -0.15) is 18.4 Å². The smallest absolute Gasteiger partial charge is 0.416 e. The summed E-state index contributed by atoms with van der Waals surface area (Å²) in [6.45, 7) is 6.70. The molecule has 1 aromatic heterocycles. The molecule has 1 heterocycles. The van der Waals surface area contributed by atoms with Crippen molar-refractivity contribution in [2.45, 2.75) is 50.6 Å². The second kappa shape index (κ2) is 8.52. The summed E-state index contributed by atoms with van der Waals surface area (Å²) in [5, 5.41) is 9.86. The molecule has 0 saturated heterocycles. The average molecular weight is 444 g/mol. The van der Waals surface area contributed by atoms with Gasteiger partial charge in [-0.3, -0.25) is 4.98 Å². The van der Waals surface area contributed by atoms with E-state index in [-0.39, 0.29) is 17.7 Å². The van der Waals surface area contributed by atoms with Crippen molar-refractivity contribution in [3.05, 3.63) is 63.9 Å². The highest BCUT2D eigenvalue weighted by molar-refractivity contribution is 7.90. The number of nitriles is 1. The second-order valence-electron chi connectivity index (χ2n) is 7.67. The zero-order chi connectivity index (χ0) is 22.0. The lowest BCUT2D eigenvalue weighted by Gasteiger charge is -2.36. The number of nitrogens with one attached hydrogen (secondary N) is 1. The molecule has 0 saturated carbocycles. The SMILES string of the molecule is Cc1cc(C(F)(F)F)cc([C@@](CC#N)(N[S@@+]([O-])C(C)(C)C)c2ccc(Cl)cn2)c1. The molecule has 2 atom stereocenters. The molecule has 2 rings (SSSR count). The van der Waals surface area contributed by atoms with Crippen molar-refractivity contribution in [2.24, 2.45) is 0 Å². The number of aryl methyl sites for hydroxylation is 1. The first kappa shape index (κ1) is 23.5. The Kier molecular flexibility index (Phi) is 6.90. The van der Waals surface area contributed by atoms with Crippen LogP contribution in [0.4, 0.5) is 13.2 Å². The Morgan fingerprint density at radius 1 is 1.17 bits per heavy atom. The number of rotatable bonds is 5. The first-order valence-corrected chi connectivity index (χ1v) is 10.2. The van der Waals surface area contributed by atoms with E-state index in [1.165, 1.54) is 31.3 Å². The molecule has 0 spiro atoms. The fourth-order valence-electron chi connectivity index (χ4n) is 2.74. The van der Waals surface area contributed by atoms with Crippen molar-refractivity contribution in [2.75, 3.05) is 0 Å². The Morgan fingerprint density at radius 3 is 2.28 bits per heavy atom. The second-order valence-corrected chi connectivity index (χ2v) is 10.1. The predicted octanol–water partition coefficient (Wildman–Crippen LogP) is 5.27. The third-order valence-electron chi connectivity index (χ3n) is 4.23. The fourth-order valence-corrected chi connectivity index (χ4v) is 3.77. The lowest BCUT2D eigenvalue weighted by molar-refractivity contribution is -0.137. The monoisotopic (exact) mass is 443 g/mol. The molecule has 4 nitrogen and oxygen atoms in total. The highest BCUT2D eigenvalue weighted by Crippen LogP contribution is 2.39. The number of aromatic nitrogens is 1. The minimum Gasteiger partial charge on any atom is -0.598 e. The standard InChI is InChI=1S/C20H21ClF3N3OS/c1-13-9-14(11-15(10-13)20(22,23)24)19(7-8-25,27-29(28)18(2,3)4)17-6-5-16(21)12-26-17/h5-6,9-12,27H,7H2,1-4H3/t19-,29+/m1/s1. The molecule has 2 aromatic rings. The van der Waals surface area contributed by atoms with Gasteiger partial charge in [0.1, 0.15) is 10.3 Å². The predicted molar refractivity (Wildman–Crippen MR) is 107 cm³/mol. The van der Waals surface area contributed by atoms with Crippen molar-refractivity contribution >= 4 is 23.0 Å². The van der Waals surface area contributed by atoms with E-state index < -0.39 is 33.4 Å². The molecule has 1 N–H and O–H groups in total. The van der Waals surface area contributed by atoms with Crippen LogP contribution in [0.3, 0.4) is 0 Å². The van der Waals surface area contributed by atoms with Crippen LogP contribution < -0.4 is 4.72 Å². The molecular formula is C20H21ClF3N3OS. The first-order chi connectivity index (χ1) is 13.3. The highest BCUT2D eigenvalue weighted by Gasteiger charge is 2.44. The van der Waals surface area contributed by atoms with Crippen LogP contribution in [0.15, 0.2) is 36.5 Å². The van der Waals surface area contributed by atoms with Gasteiger partial charge in [-0.25, -0.2) is 0 Å². The van der Waals surface area contributed by atoms with Crippen molar-refractivity contribution in [3.63, 3.8) is 0 Å². The third kappa shape index (κ3) is 5.43. The van der Waals surface area contributed by atoms with Crippen molar-refractivity contribution in [1.82, 2.24) is 9.71 Å². The molecule has 9 heteroatoms. The Hall–Kier alpha value is -1.79. The molecule has 0 fully saturated rings. The molecule has 0 aliphatic heterocycles. The Balaban J connectivity index is 2.80. The number of alkyl halides is 3.